The molecule has 94 valence electrons. The number of hydrogen-bond acceptors (Lipinski definition) is 3. The van der Waals surface area contributed by atoms with Crippen molar-refractivity contribution in [2.75, 3.05) is 13.2 Å². The van der Waals surface area contributed by atoms with Crippen molar-refractivity contribution in [3.05, 3.63) is 41.6 Å². The maximum atomic E-state index is 12.0. The van der Waals surface area contributed by atoms with Crippen molar-refractivity contribution in [3.8, 4) is 0 Å². The molecule has 0 radical (unpaired) electrons. The van der Waals surface area contributed by atoms with Crippen LogP contribution < -0.4 is 5.32 Å². The van der Waals surface area contributed by atoms with Crippen molar-refractivity contribution in [1.29, 1.82) is 0 Å². The number of aliphatic hydroxyl groups is 1. The number of fused-ring (bicyclic) bond motifs is 1. The summed E-state index contributed by atoms with van der Waals surface area (Å²) in [4.78, 5) is 16.4. The Bertz CT molecular complexity index is 567. The number of aryl methyl sites for hydroxylation is 1. The van der Waals surface area contributed by atoms with Crippen molar-refractivity contribution < 1.29 is 9.90 Å². The number of benzene rings is 1. The van der Waals surface area contributed by atoms with Crippen LogP contribution in [0.4, 0.5) is 0 Å². The number of carbonyl (C=O) groups is 1. The Hall–Kier alpha value is -1.94. The first-order chi connectivity index (χ1) is 8.72. The highest BCUT2D eigenvalue weighted by Crippen LogP contribution is 2.17. The lowest BCUT2D eigenvalue weighted by molar-refractivity contribution is 0.0952. The Morgan fingerprint density at radius 3 is 2.94 bits per heavy atom. The second-order valence-electron chi connectivity index (χ2n) is 4.16. The van der Waals surface area contributed by atoms with Crippen LogP contribution in [0.1, 0.15) is 22.5 Å². The van der Waals surface area contributed by atoms with Gasteiger partial charge < -0.3 is 10.4 Å². The van der Waals surface area contributed by atoms with Gasteiger partial charge in [0, 0.05) is 24.2 Å². The van der Waals surface area contributed by atoms with E-state index in [-0.39, 0.29) is 12.5 Å². The van der Waals surface area contributed by atoms with Crippen molar-refractivity contribution in [2.45, 2.75) is 13.3 Å². The first-order valence-electron chi connectivity index (χ1n) is 5.98. The molecule has 4 nitrogen and oxygen atoms in total. The van der Waals surface area contributed by atoms with Crippen molar-refractivity contribution in [2.24, 2.45) is 0 Å². The van der Waals surface area contributed by atoms with Crippen LogP contribution >= 0.6 is 0 Å². The number of aromatic nitrogens is 1. The van der Waals surface area contributed by atoms with Gasteiger partial charge in [-0.15, -0.1) is 0 Å². The van der Waals surface area contributed by atoms with Crippen molar-refractivity contribution in [1.82, 2.24) is 10.3 Å². The lowest BCUT2D eigenvalue weighted by Gasteiger charge is -2.07. The summed E-state index contributed by atoms with van der Waals surface area (Å²) in [6.45, 7) is 2.45. The van der Waals surface area contributed by atoms with Gasteiger partial charge in [-0.2, -0.15) is 0 Å². The third kappa shape index (κ3) is 2.65. The Labute approximate surface area is 106 Å². The average molecular weight is 244 g/mol. The zero-order chi connectivity index (χ0) is 13.0. The molecule has 0 aliphatic heterocycles. The second kappa shape index (κ2) is 5.60. The normalized spacial score (nSPS) is 10.6. The van der Waals surface area contributed by atoms with Crippen LogP contribution in [0.25, 0.3) is 10.9 Å². The van der Waals surface area contributed by atoms with Gasteiger partial charge in [-0.1, -0.05) is 18.2 Å². The molecule has 0 unspecified atom stereocenters. The Morgan fingerprint density at radius 2 is 2.17 bits per heavy atom. The molecule has 0 atom stereocenters. The van der Waals surface area contributed by atoms with Gasteiger partial charge in [0.15, 0.2) is 0 Å². The molecule has 0 aliphatic rings. The fourth-order valence-corrected chi connectivity index (χ4v) is 1.80. The summed E-state index contributed by atoms with van der Waals surface area (Å²) in [5.41, 5.74) is 2.19. The van der Waals surface area contributed by atoms with Crippen LogP contribution in [0.2, 0.25) is 0 Å². The van der Waals surface area contributed by atoms with Gasteiger partial charge in [-0.3, -0.25) is 9.78 Å². The van der Waals surface area contributed by atoms with Gasteiger partial charge in [-0.05, 0) is 25.5 Å². The van der Waals surface area contributed by atoms with E-state index in [4.69, 9.17) is 5.11 Å². The molecule has 1 amide bonds. The number of para-hydroxylation sites is 1. The van der Waals surface area contributed by atoms with Crippen molar-refractivity contribution in [3.63, 3.8) is 0 Å². The van der Waals surface area contributed by atoms with Gasteiger partial charge in [0.2, 0.25) is 0 Å². The molecule has 2 aromatic rings. The van der Waals surface area contributed by atoms with Crippen LogP contribution in [0.3, 0.4) is 0 Å². The maximum absolute atomic E-state index is 12.0. The summed E-state index contributed by atoms with van der Waals surface area (Å²) in [5.74, 6) is -0.146. The monoisotopic (exact) mass is 244 g/mol. The largest absolute Gasteiger partial charge is 0.396 e. The number of nitrogens with zero attached hydrogens (tertiary/aromatic N) is 1. The van der Waals surface area contributed by atoms with E-state index in [9.17, 15) is 4.79 Å². The standard InChI is InChI=1S/C14H16N2O2/c1-10-6-7-11-4-2-5-12(13(11)16-10)14(18)15-8-3-9-17/h2,4-7,17H,3,8-9H2,1H3,(H,15,18). The molecule has 0 saturated carbocycles. The molecule has 18 heavy (non-hydrogen) atoms. The number of amides is 1. The van der Waals surface area contributed by atoms with E-state index in [0.717, 1.165) is 16.6 Å². The molecule has 4 heteroatoms. The van der Waals surface area contributed by atoms with E-state index in [0.29, 0.717) is 18.5 Å². The fourth-order valence-electron chi connectivity index (χ4n) is 1.80. The molecule has 1 heterocycles. The molecule has 1 aromatic carbocycles. The molecule has 0 aliphatic carbocycles. The summed E-state index contributed by atoms with van der Waals surface area (Å²) < 4.78 is 0. The second-order valence-corrected chi connectivity index (χ2v) is 4.16. The number of rotatable bonds is 4. The molecule has 0 saturated heterocycles. The zero-order valence-corrected chi connectivity index (χ0v) is 10.3. The molecular formula is C14H16N2O2. The predicted molar refractivity (Wildman–Crippen MR) is 70.5 cm³/mol. The van der Waals surface area contributed by atoms with Crippen LogP contribution in [-0.4, -0.2) is 29.1 Å². The number of aliphatic hydroxyl groups excluding tert-OH is 1. The van der Waals surface area contributed by atoms with Gasteiger partial charge in [0.05, 0.1) is 11.1 Å². The van der Waals surface area contributed by atoms with E-state index in [2.05, 4.69) is 10.3 Å². The number of carbonyl (C=O) groups excluding carboxylic acids is 1. The van der Waals surface area contributed by atoms with E-state index < -0.39 is 0 Å². The number of hydrogen-bond donors (Lipinski definition) is 2. The molecule has 0 fully saturated rings. The highest BCUT2D eigenvalue weighted by molar-refractivity contribution is 6.05. The summed E-state index contributed by atoms with van der Waals surface area (Å²) in [6.07, 6.45) is 0.558. The van der Waals surface area contributed by atoms with E-state index in [1.54, 1.807) is 6.07 Å². The smallest absolute Gasteiger partial charge is 0.253 e. The summed E-state index contributed by atoms with van der Waals surface area (Å²) in [5, 5.41) is 12.4. The summed E-state index contributed by atoms with van der Waals surface area (Å²) in [6, 6.07) is 9.44. The van der Waals surface area contributed by atoms with E-state index >= 15 is 0 Å². The van der Waals surface area contributed by atoms with Crippen LogP contribution in [0.5, 0.6) is 0 Å². The van der Waals surface area contributed by atoms with Crippen LogP contribution in [0.15, 0.2) is 30.3 Å². The molecular weight excluding hydrogens is 228 g/mol. The third-order valence-corrected chi connectivity index (χ3v) is 2.72. The Balaban J connectivity index is 2.32. The van der Waals surface area contributed by atoms with E-state index in [1.165, 1.54) is 0 Å². The Kier molecular flexibility index (Phi) is 3.89. The SMILES string of the molecule is Cc1ccc2cccc(C(=O)NCCCO)c2n1. The average Bonchev–Trinajstić information content (AvgIpc) is 2.38. The lowest BCUT2D eigenvalue weighted by atomic mass is 10.1. The van der Waals surface area contributed by atoms with Gasteiger partial charge >= 0.3 is 0 Å². The lowest BCUT2D eigenvalue weighted by Crippen LogP contribution is -2.25. The van der Waals surface area contributed by atoms with Gasteiger partial charge in [0.1, 0.15) is 0 Å². The fraction of sp³-hybridized carbons (Fsp3) is 0.286. The maximum Gasteiger partial charge on any atom is 0.253 e. The minimum Gasteiger partial charge on any atom is -0.396 e. The van der Waals surface area contributed by atoms with E-state index in [1.807, 2.05) is 31.2 Å². The number of pyridine rings is 1. The van der Waals surface area contributed by atoms with Crippen LogP contribution in [0, 0.1) is 6.92 Å². The molecule has 2 N–H and O–H groups in total. The highest BCUT2D eigenvalue weighted by atomic mass is 16.3. The van der Waals surface area contributed by atoms with Crippen LogP contribution in [-0.2, 0) is 0 Å². The number of nitrogens with one attached hydrogen (secondary N) is 1. The molecule has 1 aromatic heterocycles. The minimum atomic E-state index is -0.146. The quantitative estimate of drug-likeness (QED) is 0.804. The van der Waals surface area contributed by atoms with Gasteiger partial charge in [-0.25, -0.2) is 0 Å². The minimum absolute atomic E-state index is 0.0766. The highest BCUT2D eigenvalue weighted by Gasteiger charge is 2.10. The zero-order valence-electron chi connectivity index (χ0n) is 10.3. The molecule has 0 spiro atoms. The third-order valence-electron chi connectivity index (χ3n) is 2.72. The summed E-state index contributed by atoms with van der Waals surface area (Å²) in [7, 11) is 0. The van der Waals surface area contributed by atoms with Gasteiger partial charge in [0.25, 0.3) is 5.91 Å². The first-order valence-corrected chi connectivity index (χ1v) is 5.98. The summed E-state index contributed by atoms with van der Waals surface area (Å²) >= 11 is 0. The van der Waals surface area contributed by atoms with Crippen molar-refractivity contribution >= 4 is 16.8 Å². The predicted octanol–water partition coefficient (Wildman–Crippen LogP) is 1.66. The Morgan fingerprint density at radius 1 is 1.33 bits per heavy atom. The first kappa shape index (κ1) is 12.5. The molecule has 0 bridgehead atoms. The molecule has 2 rings (SSSR count). The topological polar surface area (TPSA) is 62.2 Å².